The summed E-state index contributed by atoms with van der Waals surface area (Å²) in [5, 5.41) is 3.93. The van der Waals surface area contributed by atoms with Crippen LogP contribution in [0.15, 0.2) is 72.3 Å². The number of pyridine rings is 1. The number of carbonyl (C=O) groups excluding carboxylic acids is 1. The molecule has 1 aliphatic rings. The quantitative estimate of drug-likeness (QED) is 0.698. The molecule has 108 valence electrons. The predicted molar refractivity (Wildman–Crippen MR) is 84.4 cm³/mol. The topological polar surface area (TPSA) is 63.6 Å². The Bertz CT molecular complexity index is 780. The molecular weight excluding hydrogens is 278 g/mol. The Morgan fingerprint density at radius 2 is 2.14 bits per heavy atom. The van der Waals surface area contributed by atoms with Crippen LogP contribution in [0.4, 0.5) is 0 Å². The summed E-state index contributed by atoms with van der Waals surface area (Å²) in [6.07, 6.45) is 6.14. The van der Waals surface area contributed by atoms with Crippen LogP contribution in [0, 0.1) is 0 Å². The van der Waals surface area contributed by atoms with Gasteiger partial charge in [-0.2, -0.15) is 5.10 Å². The molecule has 0 unspecified atom stereocenters. The number of fused-ring (bicyclic) bond motifs is 1. The number of hydrazone groups is 1. The van der Waals surface area contributed by atoms with E-state index < -0.39 is 0 Å². The second-order valence-electron chi connectivity index (χ2n) is 4.61. The third kappa shape index (κ3) is 2.78. The van der Waals surface area contributed by atoms with Gasteiger partial charge in [0.25, 0.3) is 5.91 Å². The number of amides is 1. The SMILES string of the molecule is C=C1C(/C=N/NC(=O)c2cccnc2)=COc2ccccc21. The standard InChI is InChI=1S/C17H13N3O2/c1-12-14(11-22-16-7-3-2-6-15(12)16)10-19-20-17(21)13-5-4-8-18-9-13/h2-11H,1H2,(H,20,21)/b19-10+. The fourth-order valence-electron chi connectivity index (χ4n) is 2.00. The number of carbonyl (C=O) groups is 1. The van der Waals surface area contributed by atoms with Gasteiger partial charge in [-0.05, 0) is 23.8 Å². The van der Waals surface area contributed by atoms with Crippen molar-refractivity contribution in [1.82, 2.24) is 10.4 Å². The molecule has 0 bridgehead atoms. The average Bonchev–Trinajstić information content (AvgIpc) is 2.58. The van der Waals surface area contributed by atoms with Crippen molar-refractivity contribution in [2.75, 3.05) is 0 Å². The third-order valence-electron chi connectivity index (χ3n) is 3.17. The number of ether oxygens (including phenoxy) is 1. The van der Waals surface area contributed by atoms with Crippen LogP contribution in [-0.4, -0.2) is 17.1 Å². The Labute approximate surface area is 127 Å². The van der Waals surface area contributed by atoms with Crippen LogP contribution in [0.25, 0.3) is 5.57 Å². The highest BCUT2D eigenvalue weighted by Crippen LogP contribution is 2.33. The zero-order valence-corrected chi connectivity index (χ0v) is 11.7. The first-order valence-electron chi connectivity index (χ1n) is 6.64. The molecule has 1 amide bonds. The van der Waals surface area contributed by atoms with Gasteiger partial charge < -0.3 is 4.74 Å². The van der Waals surface area contributed by atoms with Crippen LogP contribution >= 0.6 is 0 Å². The van der Waals surface area contributed by atoms with Crippen molar-refractivity contribution in [3.05, 3.63) is 78.3 Å². The van der Waals surface area contributed by atoms with E-state index in [0.29, 0.717) is 11.1 Å². The first-order chi connectivity index (χ1) is 10.8. The lowest BCUT2D eigenvalue weighted by molar-refractivity contribution is 0.0955. The molecule has 0 fully saturated rings. The summed E-state index contributed by atoms with van der Waals surface area (Å²) < 4.78 is 5.51. The van der Waals surface area contributed by atoms with Gasteiger partial charge in [0.1, 0.15) is 12.0 Å². The van der Waals surface area contributed by atoms with E-state index in [1.54, 1.807) is 24.6 Å². The van der Waals surface area contributed by atoms with Gasteiger partial charge in [0.15, 0.2) is 0 Å². The summed E-state index contributed by atoms with van der Waals surface area (Å²) in [6, 6.07) is 11.0. The van der Waals surface area contributed by atoms with Crippen molar-refractivity contribution in [2.24, 2.45) is 5.10 Å². The van der Waals surface area contributed by atoms with Crippen molar-refractivity contribution < 1.29 is 9.53 Å². The molecule has 2 aromatic rings. The number of hydrogen-bond donors (Lipinski definition) is 1. The van der Waals surface area contributed by atoms with Gasteiger partial charge in [-0.3, -0.25) is 9.78 Å². The second kappa shape index (κ2) is 6.05. The number of allylic oxidation sites excluding steroid dienone is 2. The van der Waals surface area contributed by atoms with Gasteiger partial charge in [-0.25, -0.2) is 5.43 Å². The minimum Gasteiger partial charge on any atom is -0.464 e. The van der Waals surface area contributed by atoms with E-state index in [2.05, 4.69) is 22.1 Å². The Kier molecular flexibility index (Phi) is 3.78. The van der Waals surface area contributed by atoms with Crippen LogP contribution < -0.4 is 10.2 Å². The monoisotopic (exact) mass is 291 g/mol. The van der Waals surface area contributed by atoms with Crippen molar-refractivity contribution in [1.29, 1.82) is 0 Å². The van der Waals surface area contributed by atoms with E-state index in [1.165, 1.54) is 12.4 Å². The highest BCUT2D eigenvalue weighted by Gasteiger charge is 2.14. The molecule has 3 rings (SSSR count). The Hall–Kier alpha value is -3.21. The summed E-state index contributed by atoms with van der Waals surface area (Å²) in [6.45, 7) is 4.03. The van der Waals surface area contributed by atoms with E-state index in [9.17, 15) is 4.79 Å². The summed E-state index contributed by atoms with van der Waals surface area (Å²) in [5.74, 6) is 0.428. The Morgan fingerprint density at radius 1 is 1.27 bits per heavy atom. The van der Waals surface area contributed by atoms with Crippen molar-refractivity contribution in [3.63, 3.8) is 0 Å². The molecule has 1 aliphatic heterocycles. The van der Waals surface area contributed by atoms with Crippen LogP contribution in [0.3, 0.4) is 0 Å². The normalized spacial score (nSPS) is 13.3. The summed E-state index contributed by atoms with van der Waals surface area (Å²) in [4.78, 5) is 15.7. The van der Waals surface area contributed by atoms with E-state index in [0.717, 1.165) is 16.9 Å². The maximum atomic E-state index is 11.8. The first kappa shape index (κ1) is 13.8. The molecule has 0 atom stereocenters. The van der Waals surface area contributed by atoms with Crippen LogP contribution in [0.1, 0.15) is 15.9 Å². The summed E-state index contributed by atoms with van der Waals surface area (Å²) in [7, 11) is 0. The number of nitrogens with one attached hydrogen (secondary N) is 1. The molecule has 0 aliphatic carbocycles. The van der Waals surface area contributed by atoms with Crippen LogP contribution in [0.5, 0.6) is 5.75 Å². The van der Waals surface area contributed by atoms with Gasteiger partial charge in [0.05, 0.1) is 11.8 Å². The molecule has 0 saturated heterocycles. The molecule has 0 saturated carbocycles. The molecule has 0 radical (unpaired) electrons. The van der Waals surface area contributed by atoms with Crippen molar-refractivity contribution in [2.45, 2.75) is 0 Å². The molecule has 1 aromatic carbocycles. The molecule has 5 nitrogen and oxygen atoms in total. The minimum atomic E-state index is -0.326. The van der Waals surface area contributed by atoms with Crippen LogP contribution in [-0.2, 0) is 0 Å². The number of para-hydroxylation sites is 1. The minimum absolute atomic E-state index is 0.326. The van der Waals surface area contributed by atoms with Crippen molar-refractivity contribution in [3.8, 4) is 5.75 Å². The lowest BCUT2D eigenvalue weighted by atomic mass is 9.99. The number of hydrogen-bond acceptors (Lipinski definition) is 4. The Balaban J connectivity index is 1.68. The fraction of sp³-hybridized carbons (Fsp3) is 0. The zero-order chi connectivity index (χ0) is 15.4. The van der Waals surface area contributed by atoms with E-state index >= 15 is 0 Å². The second-order valence-corrected chi connectivity index (χ2v) is 4.61. The molecule has 1 N–H and O–H groups in total. The molecule has 1 aromatic heterocycles. The van der Waals surface area contributed by atoms with Gasteiger partial charge in [-0.15, -0.1) is 0 Å². The third-order valence-corrected chi connectivity index (χ3v) is 3.17. The number of nitrogens with zero attached hydrogens (tertiary/aromatic N) is 2. The largest absolute Gasteiger partial charge is 0.464 e. The number of benzene rings is 1. The Morgan fingerprint density at radius 3 is 2.95 bits per heavy atom. The summed E-state index contributed by atoms with van der Waals surface area (Å²) in [5.41, 5.74) is 5.29. The van der Waals surface area contributed by atoms with Gasteiger partial charge in [0, 0.05) is 23.5 Å². The maximum absolute atomic E-state index is 11.8. The number of aromatic nitrogens is 1. The van der Waals surface area contributed by atoms with Gasteiger partial charge in [0.2, 0.25) is 0 Å². The highest BCUT2D eigenvalue weighted by molar-refractivity contribution is 6.02. The van der Waals surface area contributed by atoms with Crippen LogP contribution in [0.2, 0.25) is 0 Å². The summed E-state index contributed by atoms with van der Waals surface area (Å²) >= 11 is 0. The van der Waals surface area contributed by atoms with Gasteiger partial charge in [-0.1, -0.05) is 24.8 Å². The number of rotatable bonds is 3. The smallest absolute Gasteiger partial charge is 0.272 e. The predicted octanol–water partition coefficient (Wildman–Crippen LogP) is 2.79. The van der Waals surface area contributed by atoms with Crippen molar-refractivity contribution >= 4 is 17.7 Å². The molecule has 22 heavy (non-hydrogen) atoms. The molecule has 0 spiro atoms. The average molecular weight is 291 g/mol. The highest BCUT2D eigenvalue weighted by atomic mass is 16.5. The van der Waals surface area contributed by atoms with E-state index in [4.69, 9.17) is 4.74 Å². The lowest BCUT2D eigenvalue weighted by Crippen LogP contribution is -2.18. The van der Waals surface area contributed by atoms with E-state index in [1.807, 2.05) is 24.3 Å². The molecular formula is C17H13N3O2. The fourth-order valence-corrected chi connectivity index (χ4v) is 2.00. The maximum Gasteiger partial charge on any atom is 0.272 e. The first-order valence-corrected chi connectivity index (χ1v) is 6.64. The lowest BCUT2D eigenvalue weighted by Gasteiger charge is -2.16. The molecule has 2 heterocycles. The zero-order valence-electron chi connectivity index (χ0n) is 11.7. The van der Waals surface area contributed by atoms with Gasteiger partial charge >= 0.3 is 0 Å². The molecule has 5 heteroatoms. The van der Waals surface area contributed by atoms with E-state index in [-0.39, 0.29) is 5.91 Å².